The Balaban J connectivity index is 2.02. The summed E-state index contributed by atoms with van der Waals surface area (Å²) in [5, 5.41) is 13.9. The number of nitriles is 1. The van der Waals surface area contributed by atoms with Crippen molar-refractivity contribution < 1.29 is 14.3 Å². The molecule has 0 saturated carbocycles. The van der Waals surface area contributed by atoms with Crippen LogP contribution in [0.2, 0.25) is 10.0 Å². The van der Waals surface area contributed by atoms with E-state index in [1.165, 1.54) is 18.9 Å². The molecule has 1 heterocycles. The minimum Gasteiger partial charge on any atom is -0.468 e. The van der Waals surface area contributed by atoms with Crippen molar-refractivity contribution in [3.8, 4) is 6.07 Å². The van der Waals surface area contributed by atoms with Gasteiger partial charge in [0.25, 0.3) is 0 Å². The van der Waals surface area contributed by atoms with Crippen LogP contribution in [0.15, 0.2) is 57.5 Å². The molecule has 2 aromatic carbocycles. The van der Waals surface area contributed by atoms with Gasteiger partial charge in [-0.3, -0.25) is 9.59 Å². The van der Waals surface area contributed by atoms with Crippen LogP contribution in [0.1, 0.15) is 17.0 Å². The van der Waals surface area contributed by atoms with E-state index in [-0.39, 0.29) is 0 Å². The summed E-state index contributed by atoms with van der Waals surface area (Å²) in [5.41, 5.74) is 1.84. The number of methoxy groups -OCH3 is 1. The Morgan fingerprint density at radius 1 is 1.27 bits per heavy atom. The van der Waals surface area contributed by atoms with E-state index in [1.807, 2.05) is 12.1 Å². The maximum absolute atomic E-state index is 12.8. The number of nitrogens with zero attached hydrogens (tertiary/aromatic N) is 1. The molecule has 1 aliphatic heterocycles. The van der Waals surface area contributed by atoms with Crippen molar-refractivity contribution in [2.24, 2.45) is 5.92 Å². The van der Waals surface area contributed by atoms with Crippen LogP contribution in [0.4, 0.5) is 0 Å². The average molecular weight is 526 g/mol. The monoisotopic (exact) mass is 524 g/mol. The summed E-state index contributed by atoms with van der Waals surface area (Å²) >= 11 is 16.7. The number of hydrogen-bond donors (Lipinski definition) is 1. The van der Waals surface area contributed by atoms with Crippen LogP contribution in [0.3, 0.4) is 0 Å². The molecule has 5 nitrogen and oxygen atoms in total. The van der Waals surface area contributed by atoms with Crippen molar-refractivity contribution in [2.45, 2.75) is 11.7 Å². The van der Waals surface area contributed by atoms with Gasteiger partial charge in [0.15, 0.2) is 0 Å². The molecule has 30 heavy (non-hydrogen) atoms. The number of nitrogens with one attached hydrogen (secondary N) is 1. The lowest BCUT2D eigenvalue weighted by molar-refractivity contribution is -0.150. The fourth-order valence-electron chi connectivity index (χ4n) is 3.16. The van der Waals surface area contributed by atoms with Crippen molar-refractivity contribution in [1.29, 1.82) is 5.26 Å². The van der Waals surface area contributed by atoms with Gasteiger partial charge in [0.05, 0.1) is 33.8 Å². The predicted octanol–water partition coefficient (Wildman–Crippen LogP) is 5.43. The summed E-state index contributed by atoms with van der Waals surface area (Å²) in [6.45, 7) is 0. The molecule has 154 valence electrons. The van der Waals surface area contributed by atoms with Crippen LogP contribution in [0, 0.1) is 17.2 Å². The van der Waals surface area contributed by atoms with Gasteiger partial charge in [0.2, 0.25) is 5.91 Å². The summed E-state index contributed by atoms with van der Waals surface area (Å²) in [6, 6.07) is 14.6. The standard InChI is InChI=1S/C21H15BrCl2N2O3S/c1-29-21(28)18-17(12-3-2-4-13(22)8-12)14(9-25)20(26-19(18)27)30-10-11-5-6-15(23)16(24)7-11/h2-8,17-18H,10H2,1H3,(H,26,27)/t17-,18+/m1/s1. The molecule has 1 amide bonds. The minimum absolute atomic E-state index is 0.299. The summed E-state index contributed by atoms with van der Waals surface area (Å²) in [4.78, 5) is 25.2. The fourth-order valence-corrected chi connectivity index (χ4v) is 4.89. The summed E-state index contributed by atoms with van der Waals surface area (Å²) in [5.74, 6) is -2.68. The number of rotatable bonds is 5. The van der Waals surface area contributed by atoms with E-state index in [0.717, 1.165) is 10.0 Å². The number of benzene rings is 2. The normalized spacial score (nSPS) is 18.6. The van der Waals surface area contributed by atoms with Gasteiger partial charge in [-0.1, -0.05) is 57.3 Å². The van der Waals surface area contributed by atoms with Crippen LogP contribution < -0.4 is 5.32 Å². The molecule has 0 radical (unpaired) electrons. The first-order valence-corrected chi connectivity index (χ1v) is 11.2. The number of ether oxygens (including phenoxy) is 1. The Bertz CT molecular complexity index is 1080. The largest absolute Gasteiger partial charge is 0.468 e. The molecule has 3 rings (SSSR count). The molecule has 1 N–H and O–H groups in total. The lowest BCUT2D eigenvalue weighted by Gasteiger charge is -2.31. The highest BCUT2D eigenvalue weighted by Gasteiger charge is 2.44. The van der Waals surface area contributed by atoms with Crippen molar-refractivity contribution in [2.75, 3.05) is 7.11 Å². The highest BCUT2D eigenvalue weighted by molar-refractivity contribution is 9.10. The van der Waals surface area contributed by atoms with E-state index >= 15 is 0 Å². The van der Waals surface area contributed by atoms with Crippen molar-refractivity contribution >= 4 is 62.8 Å². The molecule has 0 fully saturated rings. The van der Waals surface area contributed by atoms with Gasteiger partial charge in [0, 0.05) is 16.1 Å². The number of hydrogen-bond acceptors (Lipinski definition) is 5. The lowest BCUT2D eigenvalue weighted by Crippen LogP contribution is -2.44. The third-order valence-corrected chi connectivity index (χ3v) is 6.88. The topological polar surface area (TPSA) is 79.2 Å². The summed E-state index contributed by atoms with van der Waals surface area (Å²) < 4.78 is 5.62. The van der Waals surface area contributed by atoms with Gasteiger partial charge >= 0.3 is 5.97 Å². The zero-order valence-corrected chi connectivity index (χ0v) is 19.5. The zero-order chi connectivity index (χ0) is 21.8. The SMILES string of the molecule is COC(=O)[C@@H]1C(=O)NC(SCc2ccc(Cl)c(Cl)c2)=C(C#N)[C@H]1c1cccc(Br)c1. The molecular weight excluding hydrogens is 511 g/mol. The smallest absolute Gasteiger partial charge is 0.319 e. The van der Waals surface area contributed by atoms with E-state index in [4.69, 9.17) is 27.9 Å². The molecule has 2 atom stereocenters. The number of thioether (sulfide) groups is 1. The number of carbonyl (C=O) groups is 2. The van der Waals surface area contributed by atoms with Crippen LogP contribution in [0.25, 0.3) is 0 Å². The zero-order valence-electron chi connectivity index (χ0n) is 15.6. The molecule has 1 aliphatic rings. The van der Waals surface area contributed by atoms with Crippen LogP contribution >= 0.6 is 50.9 Å². The van der Waals surface area contributed by atoms with Gasteiger partial charge in [-0.05, 0) is 35.4 Å². The second kappa shape index (κ2) is 9.88. The van der Waals surface area contributed by atoms with Crippen molar-refractivity contribution in [3.63, 3.8) is 0 Å². The first-order valence-electron chi connectivity index (χ1n) is 8.70. The Morgan fingerprint density at radius 3 is 2.67 bits per heavy atom. The van der Waals surface area contributed by atoms with Gasteiger partial charge < -0.3 is 10.1 Å². The highest BCUT2D eigenvalue weighted by atomic mass is 79.9. The second-order valence-electron chi connectivity index (χ2n) is 6.41. The van der Waals surface area contributed by atoms with Crippen LogP contribution in [-0.2, 0) is 20.1 Å². The number of carbonyl (C=O) groups excluding carboxylic acids is 2. The maximum atomic E-state index is 12.8. The maximum Gasteiger partial charge on any atom is 0.319 e. The van der Waals surface area contributed by atoms with E-state index < -0.39 is 23.7 Å². The van der Waals surface area contributed by atoms with Gasteiger partial charge in [-0.2, -0.15) is 5.26 Å². The molecule has 9 heteroatoms. The lowest BCUT2D eigenvalue weighted by atomic mass is 9.78. The Kier molecular flexibility index (Phi) is 7.48. The minimum atomic E-state index is -1.16. The third kappa shape index (κ3) is 4.84. The molecule has 0 bridgehead atoms. The van der Waals surface area contributed by atoms with E-state index in [0.29, 0.717) is 32.0 Å². The van der Waals surface area contributed by atoms with Crippen molar-refractivity contribution in [3.05, 3.63) is 78.7 Å². The van der Waals surface area contributed by atoms with Crippen LogP contribution in [-0.4, -0.2) is 19.0 Å². The molecule has 0 aliphatic carbocycles. The molecular formula is C21H15BrCl2N2O3S. The summed E-state index contributed by atoms with van der Waals surface area (Å²) in [7, 11) is 1.22. The molecule has 2 aromatic rings. The van der Waals surface area contributed by atoms with Gasteiger partial charge in [-0.15, -0.1) is 11.8 Å². The predicted molar refractivity (Wildman–Crippen MR) is 121 cm³/mol. The highest BCUT2D eigenvalue weighted by Crippen LogP contribution is 2.41. The molecule has 0 saturated heterocycles. The quantitative estimate of drug-likeness (QED) is 0.416. The fraction of sp³-hybridized carbons (Fsp3) is 0.190. The number of amides is 1. The summed E-state index contributed by atoms with van der Waals surface area (Å²) in [6.07, 6.45) is 0. The van der Waals surface area contributed by atoms with E-state index in [2.05, 4.69) is 27.3 Å². The van der Waals surface area contributed by atoms with Crippen molar-refractivity contribution in [1.82, 2.24) is 5.32 Å². The molecule has 0 aromatic heterocycles. The number of esters is 1. The average Bonchev–Trinajstić information content (AvgIpc) is 2.73. The third-order valence-electron chi connectivity index (χ3n) is 4.56. The molecule has 0 unspecified atom stereocenters. The first kappa shape index (κ1) is 22.7. The van der Waals surface area contributed by atoms with E-state index in [9.17, 15) is 14.9 Å². The van der Waals surface area contributed by atoms with Gasteiger partial charge in [0.1, 0.15) is 5.92 Å². The Labute approximate surface area is 196 Å². The molecule has 0 spiro atoms. The Morgan fingerprint density at radius 2 is 2.03 bits per heavy atom. The van der Waals surface area contributed by atoms with E-state index in [1.54, 1.807) is 30.3 Å². The Hall–Kier alpha value is -1.98. The van der Waals surface area contributed by atoms with Gasteiger partial charge in [-0.25, -0.2) is 0 Å². The first-order chi connectivity index (χ1) is 14.3. The number of allylic oxidation sites excluding steroid dienone is 1. The number of halogens is 3. The van der Waals surface area contributed by atoms with Crippen LogP contribution in [0.5, 0.6) is 0 Å². The second-order valence-corrected chi connectivity index (χ2v) is 9.13.